The lowest BCUT2D eigenvalue weighted by molar-refractivity contribution is 0.106. The molecule has 2 rings (SSSR count). The molecule has 1 aliphatic rings. The van der Waals surface area contributed by atoms with Gasteiger partial charge in [-0.1, -0.05) is 57.5 Å². The van der Waals surface area contributed by atoms with Crippen molar-refractivity contribution in [2.24, 2.45) is 5.92 Å². The van der Waals surface area contributed by atoms with Gasteiger partial charge < -0.3 is 4.79 Å². The molecule has 1 aromatic carbocycles. The fourth-order valence-corrected chi connectivity index (χ4v) is 3.29. The molecule has 0 aromatic heterocycles. The van der Waals surface area contributed by atoms with E-state index in [1.54, 1.807) is 0 Å². The molecular weight excluding hydrogens is 231 g/mol. The lowest BCUT2D eigenvalue weighted by Gasteiger charge is -2.26. The summed E-state index contributed by atoms with van der Waals surface area (Å²) in [5.74, 6) is 1.14. The van der Waals surface area contributed by atoms with Crippen LogP contribution < -0.4 is 0 Å². The van der Waals surface area contributed by atoms with E-state index in [1.807, 2.05) is 12.1 Å². The van der Waals surface area contributed by atoms with Crippen molar-refractivity contribution in [1.82, 2.24) is 0 Å². The van der Waals surface area contributed by atoms with Crippen LogP contribution in [0.25, 0.3) is 0 Å². The lowest BCUT2D eigenvalue weighted by atomic mass is 9.33. The fraction of sp³-hybridized carbons (Fsp3) is 0.588. The van der Waals surface area contributed by atoms with Crippen molar-refractivity contribution >= 4 is 12.4 Å². The van der Waals surface area contributed by atoms with Crippen LogP contribution in [-0.4, -0.2) is 12.4 Å². The highest BCUT2D eigenvalue weighted by molar-refractivity contribution is 6.93. The zero-order valence-electron chi connectivity index (χ0n) is 12.7. The molecule has 0 saturated heterocycles. The van der Waals surface area contributed by atoms with Crippen LogP contribution in [0.2, 0.25) is 12.1 Å². The fourth-order valence-electron chi connectivity index (χ4n) is 3.29. The minimum atomic E-state index is 0.209. The van der Waals surface area contributed by atoms with Gasteiger partial charge >= 0.3 is 0 Å². The minimum absolute atomic E-state index is 0.209. The third-order valence-electron chi connectivity index (χ3n) is 4.89. The van der Waals surface area contributed by atoms with Crippen molar-refractivity contribution in [2.45, 2.75) is 59.1 Å². The van der Waals surface area contributed by atoms with Crippen LogP contribution in [0, 0.1) is 12.8 Å². The third-order valence-corrected chi connectivity index (χ3v) is 4.89. The van der Waals surface area contributed by atoms with Crippen LogP contribution in [0.1, 0.15) is 55.1 Å². The molecule has 2 atom stereocenters. The summed E-state index contributed by atoms with van der Waals surface area (Å²) < 4.78 is 0. The van der Waals surface area contributed by atoms with Crippen LogP contribution in [-0.2, 0) is 6.42 Å². The summed E-state index contributed by atoms with van der Waals surface area (Å²) in [6.07, 6.45) is 4.41. The molecule has 0 aliphatic carbocycles. The zero-order valence-corrected chi connectivity index (χ0v) is 12.7. The average Bonchev–Trinajstić information content (AvgIpc) is 2.40. The van der Waals surface area contributed by atoms with Gasteiger partial charge in [-0.15, -0.1) is 0 Å². The van der Waals surface area contributed by atoms with Crippen molar-refractivity contribution < 1.29 is 4.79 Å². The average molecular weight is 256 g/mol. The summed E-state index contributed by atoms with van der Waals surface area (Å²) in [5, 5.41) is 0. The van der Waals surface area contributed by atoms with Crippen LogP contribution in [0.5, 0.6) is 0 Å². The number of rotatable bonds is 2. The number of fused-ring (bicyclic) bond motifs is 1. The van der Waals surface area contributed by atoms with E-state index in [0.717, 1.165) is 24.7 Å². The Hall–Kier alpha value is -1.05. The van der Waals surface area contributed by atoms with Crippen molar-refractivity contribution in [3.8, 4) is 0 Å². The van der Waals surface area contributed by atoms with Gasteiger partial charge in [-0.2, -0.15) is 0 Å². The van der Waals surface area contributed by atoms with E-state index in [9.17, 15) is 4.79 Å². The second-order valence-electron chi connectivity index (χ2n) is 6.34. The van der Waals surface area contributed by atoms with Gasteiger partial charge in [0.05, 0.1) is 0 Å². The minimum Gasteiger partial charge on any atom is -0.306 e. The molecule has 0 saturated carbocycles. The van der Waals surface area contributed by atoms with Gasteiger partial charge in [0.1, 0.15) is 5.68 Å². The van der Waals surface area contributed by atoms with E-state index in [2.05, 4.69) is 33.8 Å². The molecule has 0 N–H and O–H groups in total. The molecule has 19 heavy (non-hydrogen) atoms. The van der Waals surface area contributed by atoms with Crippen molar-refractivity contribution in [3.05, 3.63) is 34.9 Å². The molecule has 0 unspecified atom stereocenters. The number of carbonyl (C=O) groups is 1. The second-order valence-corrected chi connectivity index (χ2v) is 6.34. The van der Waals surface area contributed by atoms with Gasteiger partial charge in [0.25, 0.3) is 0 Å². The summed E-state index contributed by atoms with van der Waals surface area (Å²) in [4.78, 5) is 12.9. The van der Waals surface area contributed by atoms with Gasteiger partial charge in [0.15, 0.2) is 0 Å². The predicted molar refractivity (Wildman–Crippen MR) is 83.3 cm³/mol. The SMILES string of the molecule is CC[C@H](C)B1C[C@@H](C)CCc2c(C)cccc2C1=O. The van der Waals surface area contributed by atoms with Crippen LogP contribution in [0.15, 0.2) is 18.2 Å². The number of carbonyl (C=O) groups excluding carboxylic acids is 1. The Morgan fingerprint density at radius 1 is 1.42 bits per heavy atom. The first-order valence-corrected chi connectivity index (χ1v) is 7.67. The van der Waals surface area contributed by atoms with Crippen LogP contribution >= 0.6 is 0 Å². The van der Waals surface area contributed by atoms with E-state index < -0.39 is 0 Å². The Morgan fingerprint density at radius 3 is 2.84 bits per heavy atom. The summed E-state index contributed by atoms with van der Waals surface area (Å²) >= 11 is 0. The first kappa shape index (κ1) is 14.4. The predicted octanol–water partition coefficient (Wildman–Crippen LogP) is 4.59. The summed E-state index contributed by atoms with van der Waals surface area (Å²) in [5.41, 5.74) is 3.96. The highest BCUT2D eigenvalue weighted by Crippen LogP contribution is 2.31. The van der Waals surface area contributed by atoms with E-state index in [0.29, 0.717) is 17.4 Å². The summed E-state index contributed by atoms with van der Waals surface area (Å²) in [7, 11) is 0. The molecule has 0 bridgehead atoms. The van der Waals surface area contributed by atoms with E-state index in [-0.39, 0.29) is 6.71 Å². The highest BCUT2D eigenvalue weighted by Gasteiger charge is 2.33. The molecule has 0 fully saturated rings. The first-order chi connectivity index (χ1) is 9.04. The number of benzene rings is 1. The molecule has 0 amide bonds. The monoisotopic (exact) mass is 256 g/mol. The summed E-state index contributed by atoms with van der Waals surface area (Å²) in [6, 6.07) is 6.21. The molecule has 0 spiro atoms. The van der Waals surface area contributed by atoms with Gasteiger partial charge in [-0.05, 0) is 36.8 Å². The molecule has 1 aromatic rings. The Bertz CT molecular complexity index is 466. The van der Waals surface area contributed by atoms with Crippen LogP contribution in [0.4, 0.5) is 0 Å². The van der Waals surface area contributed by atoms with Crippen molar-refractivity contribution in [2.75, 3.05) is 0 Å². The van der Waals surface area contributed by atoms with E-state index in [4.69, 9.17) is 0 Å². The standard InChI is InChI=1S/C17H25BO/c1-5-14(4)18-11-12(2)9-10-15-13(3)7-6-8-16(15)17(18)19/h6-8,12,14H,5,9-11H2,1-4H3/t12-,14-/m0/s1. The highest BCUT2D eigenvalue weighted by atomic mass is 16.1. The molecule has 1 aliphatic heterocycles. The molecule has 102 valence electrons. The molecule has 1 heterocycles. The quantitative estimate of drug-likeness (QED) is 0.707. The topological polar surface area (TPSA) is 17.1 Å². The maximum Gasteiger partial charge on any atom is 0.233 e. The normalized spacial score (nSPS) is 21.6. The number of aryl methyl sites for hydroxylation is 1. The Kier molecular flexibility index (Phi) is 4.49. The maximum atomic E-state index is 12.9. The Balaban J connectivity index is 2.44. The summed E-state index contributed by atoms with van der Waals surface area (Å²) in [6.45, 7) is 9.06. The first-order valence-electron chi connectivity index (χ1n) is 7.67. The number of hydrogen-bond acceptors (Lipinski definition) is 1. The van der Waals surface area contributed by atoms with Gasteiger partial charge in [0, 0.05) is 5.56 Å². The zero-order chi connectivity index (χ0) is 14.0. The smallest absolute Gasteiger partial charge is 0.233 e. The largest absolute Gasteiger partial charge is 0.306 e. The van der Waals surface area contributed by atoms with Crippen molar-refractivity contribution in [3.63, 3.8) is 0 Å². The van der Waals surface area contributed by atoms with E-state index >= 15 is 0 Å². The lowest BCUT2D eigenvalue weighted by Crippen LogP contribution is -2.34. The molecular formula is C17H25BO. The maximum absolute atomic E-state index is 12.9. The van der Waals surface area contributed by atoms with Crippen molar-refractivity contribution in [1.29, 1.82) is 0 Å². The van der Waals surface area contributed by atoms with Crippen LogP contribution in [0.3, 0.4) is 0 Å². The molecule has 2 heteroatoms. The van der Waals surface area contributed by atoms with Gasteiger partial charge in [0.2, 0.25) is 6.71 Å². The van der Waals surface area contributed by atoms with Gasteiger partial charge in [-0.3, -0.25) is 0 Å². The second kappa shape index (κ2) is 5.94. The Labute approximate surface area is 117 Å². The third kappa shape index (κ3) is 2.93. The molecule has 0 radical (unpaired) electrons. The Morgan fingerprint density at radius 2 is 2.16 bits per heavy atom. The molecule has 1 nitrogen and oxygen atoms in total. The van der Waals surface area contributed by atoms with Gasteiger partial charge in [-0.25, -0.2) is 0 Å². The number of hydrogen-bond donors (Lipinski definition) is 0. The van der Waals surface area contributed by atoms with E-state index in [1.165, 1.54) is 17.5 Å².